The molecular weight excluding hydrogens is 789 g/mol. The van der Waals surface area contributed by atoms with E-state index in [0.717, 1.165) is 71.3 Å². The standard InChI is InChI=1S/C47H30O14/c48-35-17-32(18-36(49)23-35)45(55)60-41-21-34(22-42(25-41)61-46(56)33-19-37(50)24-38(51)20-33)47(57)59-40-15-11-29(12-16-40)27-3-7-31(8-4-27)44(54)58-39-13-9-28(10-14-39)26-1-5-30(6-2-26)43(52)53/h1-25,48-51H,(H,52,53). The molecule has 0 heterocycles. The Kier molecular flexibility index (Phi) is 11.4. The second-order valence-electron chi connectivity index (χ2n) is 13.2. The fourth-order valence-electron chi connectivity index (χ4n) is 5.93. The van der Waals surface area contributed by atoms with E-state index in [1.165, 1.54) is 24.3 Å². The van der Waals surface area contributed by atoms with Gasteiger partial charge in [-0.1, -0.05) is 48.5 Å². The van der Waals surface area contributed by atoms with E-state index in [9.17, 15) is 44.4 Å². The van der Waals surface area contributed by atoms with E-state index in [4.69, 9.17) is 24.1 Å². The lowest BCUT2D eigenvalue weighted by Crippen LogP contribution is -2.13. The largest absolute Gasteiger partial charge is 0.508 e. The maximum atomic E-state index is 13.4. The first-order valence-corrected chi connectivity index (χ1v) is 18.0. The van der Waals surface area contributed by atoms with E-state index in [0.29, 0.717) is 16.9 Å². The van der Waals surface area contributed by atoms with Crippen LogP contribution < -0.4 is 18.9 Å². The minimum absolute atomic E-state index is 0.114. The summed E-state index contributed by atoms with van der Waals surface area (Å²) in [5.74, 6) is -6.42. The number of aromatic hydroxyl groups is 4. The van der Waals surface area contributed by atoms with Crippen LogP contribution >= 0.6 is 0 Å². The molecule has 0 fully saturated rings. The molecule has 7 aromatic rings. The van der Waals surface area contributed by atoms with Crippen LogP contribution in [0.1, 0.15) is 51.8 Å². The molecule has 14 heteroatoms. The first-order valence-electron chi connectivity index (χ1n) is 18.0. The summed E-state index contributed by atoms with van der Waals surface area (Å²) in [6.07, 6.45) is 0. The van der Waals surface area contributed by atoms with Gasteiger partial charge in [0, 0.05) is 18.2 Å². The molecule has 0 saturated heterocycles. The summed E-state index contributed by atoms with van der Waals surface area (Å²) >= 11 is 0. The fourth-order valence-corrected chi connectivity index (χ4v) is 5.93. The Morgan fingerprint density at radius 3 is 0.918 bits per heavy atom. The normalized spacial score (nSPS) is 10.6. The number of carboxylic acid groups (broad SMARTS) is 1. The number of carbonyl (C=O) groups is 5. The molecule has 5 N–H and O–H groups in total. The van der Waals surface area contributed by atoms with Crippen molar-refractivity contribution in [2.24, 2.45) is 0 Å². The SMILES string of the molecule is O=C(O)c1ccc(-c2ccc(OC(=O)c3ccc(-c4ccc(OC(=O)c5cc(OC(=O)c6cc(O)cc(O)c6)cc(OC(=O)c6cc(O)cc(O)c6)c5)cc4)cc3)cc2)cc1. The summed E-state index contributed by atoms with van der Waals surface area (Å²) < 4.78 is 21.9. The lowest BCUT2D eigenvalue weighted by Gasteiger charge is -2.12. The van der Waals surface area contributed by atoms with Gasteiger partial charge in [0.15, 0.2) is 0 Å². The summed E-state index contributed by atoms with van der Waals surface area (Å²) in [4.78, 5) is 63.3. The zero-order valence-corrected chi connectivity index (χ0v) is 31.3. The highest BCUT2D eigenvalue weighted by Gasteiger charge is 2.20. The lowest BCUT2D eigenvalue weighted by molar-refractivity contribution is 0.0691. The maximum Gasteiger partial charge on any atom is 0.343 e. The van der Waals surface area contributed by atoms with Crippen molar-refractivity contribution in [3.05, 3.63) is 179 Å². The van der Waals surface area contributed by atoms with Crippen molar-refractivity contribution in [1.29, 1.82) is 0 Å². The first-order chi connectivity index (χ1) is 29.3. The molecule has 0 radical (unpaired) electrons. The Bertz CT molecular complexity index is 2690. The van der Waals surface area contributed by atoms with E-state index in [2.05, 4.69) is 0 Å². The summed E-state index contributed by atoms with van der Waals surface area (Å²) in [6.45, 7) is 0. The molecule has 0 aromatic heterocycles. The first kappa shape index (κ1) is 40.3. The molecule has 0 spiro atoms. The number of hydrogen-bond donors (Lipinski definition) is 5. The van der Waals surface area contributed by atoms with E-state index >= 15 is 0 Å². The van der Waals surface area contributed by atoms with Crippen molar-refractivity contribution in [2.45, 2.75) is 0 Å². The summed E-state index contributed by atoms with van der Waals surface area (Å²) in [6, 6.07) is 35.8. The van der Waals surface area contributed by atoms with Crippen molar-refractivity contribution in [1.82, 2.24) is 0 Å². The quantitative estimate of drug-likeness (QED) is 0.0611. The minimum atomic E-state index is -1.04. The van der Waals surface area contributed by atoms with E-state index in [-0.39, 0.29) is 39.5 Å². The number of rotatable bonds is 11. The monoisotopic (exact) mass is 818 g/mol. The molecule has 0 aliphatic carbocycles. The molecule has 0 aliphatic heterocycles. The molecule has 0 bridgehead atoms. The number of phenolic OH excluding ortho intramolecular Hbond substituents is 4. The highest BCUT2D eigenvalue weighted by atomic mass is 16.6. The van der Waals surface area contributed by atoms with Crippen LogP contribution in [0.15, 0.2) is 152 Å². The topological polar surface area (TPSA) is 223 Å². The Labute approximate surface area is 345 Å². The van der Waals surface area contributed by atoms with Gasteiger partial charge < -0.3 is 44.5 Å². The van der Waals surface area contributed by atoms with Crippen LogP contribution in [-0.2, 0) is 0 Å². The third kappa shape index (κ3) is 9.98. The summed E-state index contributed by atoms with van der Waals surface area (Å²) in [7, 11) is 0. The number of carboxylic acids is 1. The van der Waals surface area contributed by atoms with Crippen LogP contribution in [0.3, 0.4) is 0 Å². The van der Waals surface area contributed by atoms with E-state index in [1.54, 1.807) is 72.8 Å². The number of esters is 4. The third-order valence-electron chi connectivity index (χ3n) is 8.86. The van der Waals surface area contributed by atoms with Gasteiger partial charge in [-0.3, -0.25) is 0 Å². The van der Waals surface area contributed by atoms with Gasteiger partial charge in [-0.2, -0.15) is 0 Å². The molecular formula is C47H30O14. The lowest BCUT2D eigenvalue weighted by atomic mass is 10.0. The summed E-state index contributed by atoms with van der Waals surface area (Å²) in [5.41, 5.74) is 2.83. The molecule has 61 heavy (non-hydrogen) atoms. The van der Waals surface area contributed by atoms with E-state index in [1.807, 2.05) is 0 Å². The van der Waals surface area contributed by atoms with Gasteiger partial charge in [-0.15, -0.1) is 0 Å². The molecule has 0 saturated carbocycles. The Hall–Kier alpha value is -8.91. The summed E-state index contributed by atoms with van der Waals surface area (Å²) in [5, 5.41) is 48.4. The molecule has 14 nitrogen and oxygen atoms in total. The maximum absolute atomic E-state index is 13.4. The molecule has 302 valence electrons. The number of phenols is 4. The molecule has 0 unspecified atom stereocenters. The zero-order valence-electron chi connectivity index (χ0n) is 31.3. The molecule has 0 atom stereocenters. The molecule has 0 amide bonds. The molecule has 0 aliphatic rings. The van der Waals surface area contributed by atoms with Crippen LogP contribution in [0.4, 0.5) is 0 Å². The zero-order chi connectivity index (χ0) is 43.2. The van der Waals surface area contributed by atoms with Gasteiger partial charge in [0.1, 0.15) is 46.0 Å². The van der Waals surface area contributed by atoms with E-state index < -0.39 is 52.8 Å². The van der Waals surface area contributed by atoms with Crippen LogP contribution in [-0.4, -0.2) is 55.4 Å². The average Bonchev–Trinajstić information content (AvgIpc) is 3.23. The highest BCUT2D eigenvalue weighted by molar-refractivity contribution is 5.96. The van der Waals surface area contributed by atoms with Crippen molar-refractivity contribution in [2.75, 3.05) is 0 Å². The second-order valence-corrected chi connectivity index (χ2v) is 13.2. The minimum Gasteiger partial charge on any atom is -0.508 e. The fraction of sp³-hybridized carbons (Fsp3) is 0. The highest BCUT2D eigenvalue weighted by Crippen LogP contribution is 2.30. The van der Waals surface area contributed by atoms with Gasteiger partial charge >= 0.3 is 29.8 Å². The Balaban J connectivity index is 1.02. The molecule has 7 rings (SSSR count). The number of carbonyl (C=O) groups excluding carboxylic acids is 4. The van der Waals surface area contributed by atoms with Gasteiger partial charge in [-0.05, 0) is 107 Å². The average molecular weight is 819 g/mol. The Morgan fingerprint density at radius 2 is 0.574 bits per heavy atom. The predicted octanol–water partition coefficient (Wildman–Crippen LogP) is 8.42. The smallest absolute Gasteiger partial charge is 0.343 e. The molecule has 7 aromatic carbocycles. The van der Waals surface area contributed by atoms with Crippen molar-refractivity contribution in [3.63, 3.8) is 0 Å². The van der Waals surface area contributed by atoms with Crippen molar-refractivity contribution < 1.29 is 68.5 Å². The van der Waals surface area contributed by atoms with Crippen LogP contribution in [0.2, 0.25) is 0 Å². The van der Waals surface area contributed by atoms with Crippen molar-refractivity contribution >= 4 is 29.8 Å². The van der Waals surface area contributed by atoms with Crippen LogP contribution in [0, 0.1) is 0 Å². The van der Waals surface area contributed by atoms with Gasteiger partial charge in [0.05, 0.1) is 27.8 Å². The third-order valence-corrected chi connectivity index (χ3v) is 8.86. The number of hydrogen-bond acceptors (Lipinski definition) is 13. The van der Waals surface area contributed by atoms with Gasteiger partial charge in [-0.25, -0.2) is 24.0 Å². The van der Waals surface area contributed by atoms with Crippen LogP contribution in [0.25, 0.3) is 22.3 Å². The van der Waals surface area contributed by atoms with Crippen molar-refractivity contribution in [3.8, 4) is 68.2 Å². The van der Waals surface area contributed by atoms with Gasteiger partial charge in [0.2, 0.25) is 0 Å². The predicted molar refractivity (Wildman–Crippen MR) is 217 cm³/mol. The number of benzene rings is 7. The Morgan fingerprint density at radius 1 is 0.295 bits per heavy atom. The number of ether oxygens (including phenoxy) is 4. The second kappa shape index (κ2) is 17.3. The van der Waals surface area contributed by atoms with Crippen LogP contribution in [0.5, 0.6) is 46.0 Å². The van der Waals surface area contributed by atoms with Gasteiger partial charge in [0.25, 0.3) is 0 Å². The number of aromatic carboxylic acids is 1.